The fourth-order valence-corrected chi connectivity index (χ4v) is 2.77. The van der Waals surface area contributed by atoms with Gasteiger partial charge in [0.05, 0.1) is 5.69 Å². The molecule has 0 bridgehead atoms. The highest BCUT2D eigenvalue weighted by atomic mass is 35.5. The fourth-order valence-electron chi connectivity index (χ4n) is 1.81. The summed E-state index contributed by atoms with van der Waals surface area (Å²) in [5, 5.41) is 11.6. The quantitative estimate of drug-likeness (QED) is 0.743. The first-order valence-corrected chi connectivity index (χ1v) is 7.59. The third-order valence-corrected chi connectivity index (χ3v) is 3.86. The first-order chi connectivity index (χ1) is 10.6. The van der Waals surface area contributed by atoms with Crippen molar-refractivity contribution in [3.63, 3.8) is 0 Å². The molecule has 112 valence electrons. The summed E-state index contributed by atoms with van der Waals surface area (Å²) in [5.41, 5.74) is 1.21. The van der Waals surface area contributed by atoms with Crippen LogP contribution in [-0.2, 0) is 0 Å². The first-order valence-electron chi connectivity index (χ1n) is 6.33. The van der Waals surface area contributed by atoms with Crippen molar-refractivity contribution in [1.29, 1.82) is 0 Å². The molecule has 22 heavy (non-hydrogen) atoms. The monoisotopic (exact) mass is 334 g/mol. The Kier molecular flexibility index (Phi) is 4.08. The topological polar surface area (TPSA) is 80.0 Å². The third-order valence-electron chi connectivity index (χ3n) is 2.72. The Morgan fingerprint density at radius 3 is 2.91 bits per heavy atom. The summed E-state index contributed by atoms with van der Waals surface area (Å²) < 4.78 is 5.13. The fraction of sp³-hybridized carbons (Fsp3) is 0.0714. The Bertz CT molecular complexity index is 815. The van der Waals surface area contributed by atoms with E-state index in [0.29, 0.717) is 33.0 Å². The molecule has 8 heteroatoms. The smallest absolute Gasteiger partial charge is 0.323 e. The lowest BCUT2D eigenvalue weighted by atomic mass is 10.3. The molecule has 0 saturated carbocycles. The van der Waals surface area contributed by atoms with E-state index in [4.69, 9.17) is 16.1 Å². The molecule has 0 aliphatic heterocycles. The van der Waals surface area contributed by atoms with Gasteiger partial charge in [0, 0.05) is 10.7 Å². The molecule has 0 saturated heterocycles. The van der Waals surface area contributed by atoms with E-state index < -0.39 is 0 Å². The SMILES string of the molecule is Cc1noc(-c2sccc2NC(=O)Nc2cccc(Cl)c2)n1. The van der Waals surface area contributed by atoms with Gasteiger partial charge in [-0.2, -0.15) is 4.98 Å². The van der Waals surface area contributed by atoms with Gasteiger partial charge in [-0.3, -0.25) is 0 Å². The second kappa shape index (κ2) is 6.17. The van der Waals surface area contributed by atoms with Crippen LogP contribution in [0.2, 0.25) is 5.02 Å². The highest BCUT2D eigenvalue weighted by molar-refractivity contribution is 7.14. The van der Waals surface area contributed by atoms with Crippen LogP contribution in [-0.4, -0.2) is 16.2 Å². The lowest BCUT2D eigenvalue weighted by molar-refractivity contribution is 0.262. The van der Waals surface area contributed by atoms with E-state index >= 15 is 0 Å². The van der Waals surface area contributed by atoms with E-state index in [1.807, 2.05) is 5.38 Å². The van der Waals surface area contributed by atoms with Gasteiger partial charge in [0.2, 0.25) is 0 Å². The summed E-state index contributed by atoms with van der Waals surface area (Å²) in [5.74, 6) is 0.920. The number of anilines is 2. The van der Waals surface area contributed by atoms with Gasteiger partial charge in [0.1, 0.15) is 4.88 Å². The zero-order valence-electron chi connectivity index (χ0n) is 11.5. The maximum absolute atomic E-state index is 12.1. The number of nitrogens with one attached hydrogen (secondary N) is 2. The Balaban J connectivity index is 1.74. The van der Waals surface area contributed by atoms with Crippen LogP contribution in [0.25, 0.3) is 10.8 Å². The van der Waals surface area contributed by atoms with Crippen molar-refractivity contribution < 1.29 is 9.32 Å². The minimum absolute atomic E-state index is 0.377. The number of benzene rings is 1. The number of amides is 2. The normalized spacial score (nSPS) is 10.5. The molecule has 3 aromatic rings. The number of carbonyl (C=O) groups is 1. The van der Waals surface area contributed by atoms with Gasteiger partial charge in [0.15, 0.2) is 5.82 Å². The minimum atomic E-state index is -0.377. The lowest BCUT2D eigenvalue weighted by Gasteiger charge is -2.07. The van der Waals surface area contributed by atoms with E-state index in [1.165, 1.54) is 11.3 Å². The highest BCUT2D eigenvalue weighted by Crippen LogP contribution is 2.32. The van der Waals surface area contributed by atoms with Gasteiger partial charge in [-0.1, -0.05) is 22.8 Å². The summed E-state index contributed by atoms with van der Waals surface area (Å²) in [7, 11) is 0. The molecule has 0 radical (unpaired) electrons. The molecule has 0 aliphatic carbocycles. The molecule has 2 N–H and O–H groups in total. The van der Waals surface area contributed by atoms with Crippen molar-refractivity contribution >= 4 is 40.3 Å². The van der Waals surface area contributed by atoms with Gasteiger partial charge in [-0.25, -0.2) is 4.79 Å². The third kappa shape index (κ3) is 3.26. The van der Waals surface area contributed by atoms with E-state index in [-0.39, 0.29) is 6.03 Å². The molecular formula is C14H11ClN4O2S. The zero-order valence-corrected chi connectivity index (χ0v) is 13.0. The maximum atomic E-state index is 12.1. The number of aromatic nitrogens is 2. The van der Waals surface area contributed by atoms with Crippen molar-refractivity contribution in [3.8, 4) is 10.8 Å². The van der Waals surface area contributed by atoms with Gasteiger partial charge in [-0.15, -0.1) is 11.3 Å². The number of halogens is 1. The van der Waals surface area contributed by atoms with Crippen LogP contribution in [0.1, 0.15) is 5.82 Å². The molecule has 3 rings (SSSR count). The predicted octanol–water partition coefficient (Wildman–Crippen LogP) is 4.40. The lowest BCUT2D eigenvalue weighted by Crippen LogP contribution is -2.19. The molecule has 0 aliphatic rings. The van der Waals surface area contributed by atoms with E-state index in [2.05, 4.69) is 20.8 Å². The number of hydrogen-bond donors (Lipinski definition) is 2. The van der Waals surface area contributed by atoms with Crippen LogP contribution in [0.5, 0.6) is 0 Å². The largest absolute Gasteiger partial charge is 0.333 e. The summed E-state index contributed by atoms with van der Waals surface area (Å²) in [6.07, 6.45) is 0. The Labute approximate surface area is 135 Å². The van der Waals surface area contributed by atoms with Crippen molar-refractivity contribution in [2.75, 3.05) is 10.6 Å². The molecular weight excluding hydrogens is 324 g/mol. The van der Waals surface area contributed by atoms with Crippen molar-refractivity contribution in [2.24, 2.45) is 0 Å². The van der Waals surface area contributed by atoms with Crippen LogP contribution >= 0.6 is 22.9 Å². The number of aryl methyl sites for hydroxylation is 1. The number of carbonyl (C=O) groups excluding carboxylic acids is 1. The summed E-state index contributed by atoms with van der Waals surface area (Å²) in [6, 6.07) is 8.31. The van der Waals surface area contributed by atoms with Gasteiger partial charge < -0.3 is 15.2 Å². The Hall–Kier alpha value is -2.38. The van der Waals surface area contributed by atoms with Crippen LogP contribution in [0.4, 0.5) is 16.2 Å². The van der Waals surface area contributed by atoms with Crippen LogP contribution in [0.15, 0.2) is 40.2 Å². The first kappa shape index (κ1) is 14.6. The molecule has 6 nitrogen and oxygen atoms in total. The summed E-state index contributed by atoms with van der Waals surface area (Å²) in [4.78, 5) is 16.9. The molecule has 2 amide bonds. The zero-order chi connectivity index (χ0) is 15.5. The van der Waals surface area contributed by atoms with Crippen molar-refractivity contribution in [2.45, 2.75) is 6.92 Å². The van der Waals surface area contributed by atoms with E-state index in [9.17, 15) is 4.79 Å². The van der Waals surface area contributed by atoms with Crippen LogP contribution in [0, 0.1) is 6.92 Å². The van der Waals surface area contributed by atoms with Crippen LogP contribution in [0.3, 0.4) is 0 Å². The maximum Gasteiger partial charge on any atom is 0.323 e. The van der Waals surface area contributed by atoms with Crippen LogP contribution < -0.4 is 10.6 Å². The van der Waals surface area contributed by atoms with E-state index in [1.54, 1.807) is 37.3 Å². The average Bonchev–Trinajstić information content (AvgIpc) is 3.07. The van der Waals surface area contributed by atoms with Gasteiger partial charge in [0.25, 0.3) is 5.89 Å². The molecule has 0 unspecified atom stereocenters. The number of rotatable bonds is 3. The summed E-state index contributed by atoms with van der Waals surface area (Å²) in [6.45, 7) is 1.74. The Morgan fingerprint density at radius 2 is 2.18 bits per heavy atom. The second-order valence-electron chi connectivity index (χ2n) is 4.40. The standard InChI is InChI=1S/C14H11ClN4O2S/c1-8-16-13(21-19-8)12-11(5-6-22-12)18-14(20)17-10-4-2-3-9(15)7-10/h2-7H,1H3,(H2,17,18,20). The molecule has 2 heterocycles. The number of hydrogen-bond acceptors (Lipinski definition) is 5. The number of urea groups is 1. The highest BCUT2D eigenvalue weighted by Gasteiger charge is 2.15. The van der Waals surface area contributed by atoms with E-state index in [0.717, 1.165) is 0 Å². The Morgan fingerprint density at radius 1 is 1.32 bits per heavy atom. The minimum Gasteiger partial charge on any atom is -0.333 e. The van der Waals surface area contributed by atoms with Gasteiger partial charge in [-0.05, 0) is 36.6 Å². The van der Waals surface area contributed by atoms with Crippen molar-refractivity contribution in [3.05, 3.63) is 46.6 Å². The summed E-state index contributed by atoms with van der Waals surface area (Å²) >= 11 is 7.29. The average molecular weight is 335 g/mol. The molecule has 1 aromatic carbocycles. The molecule has 0 atom stereocenters. The van der Waals surface area contributed by atoms with Crippen molar-refractivity contribution in [1.82, 2.24) is 10.1 Å². The second-order valence-corrected chi connectivity index (χ2v) is 5.75. The molecule has 0 spiro atoms. The van der Waals surface area contributed by atoms with Gasteiger partial charge >= 0.3 is 6.03 Å². The molecule has 0 fully saturated rings. The number of thiophene rings is 1. The number of nitrogens with zero attached hydrogens (tertiary/aromatic N) is 2. The predicted molar refractivity (Wildman–Crippen MR) is 86.4 cm³/mol. The molecule has 2 aromatic heterocycles.